The maximum absolute atomic E-state index is 13.4. The van der Waals surface area contributed by atoms with Crippen molar-refractivity contribution in [1.29, 1.82) is 0 Å². The highest BCUT2D eigenvalue weighted by molar-refractivity contribution is 7.91. The largest absolute Gasteiger partial charge is 0.494 e. The van der Waals surface area contributed by atoms with E-state index in [1.54, 1.807) is 32.9 Å². The van der Waals surface area contributed by atoms with Gasteiger partial charge >= 0.3 is 6.09 Å². The molecule has 0 bridgehead atoms. The number of hydrogen-bond donors (Lipinski definition) is 1. The van der Waals surface area contributed by atoms with Crippen molar-refractivity contribution in [3.8, 4) is 17.0 Å². The van der Waals surface area contributed by atoms with E-state index >= 15 is 0 Å². The molecule has 1 fully saturated rings. The van der Waals surface area contributed by atoms with Crippen LogP contribution in [0.3, 0.4) is 0 Å². The summed E-state index contributed by atoms with van der Waals surface area (Å²) < 4.78 is 39.8. The minimum Gasteiger partial charge on any atom is -0.494 e. The Kier molecular flexibility index (Phi) is 6.89. The van der Waals surface area contributed by atoms with E-state index in [1.165, 1.54) is 0 Å². The second kappa shape index (κ2) is 9.70. The SMILES string of the molecule is CCOc1ccc2c(S(=O)(=O)CC)c(-c3ccc(NC(=O)OC(C)C)cc3)n(C3CCC3)c2c1. The van der Waals surface area contributed by atoms with Crippen molar-refractivity contribution in [3.05, 3.63) is 42.5 Å². The maximum Gasteiger partial charge on any atom is 0.411 e. The average molecular weight is 485 g/mol. The van der Waals surface area contributed by atoms with Crippen LogP contribution in [0.15, 0.2) is 47.4 Å². The summed E-state index contributed by atoms with van der Waals surface area (Å²) in [6, 6.07) is 13.1. The number of fused-ring (bicyclic) bond motifs is 1. The monoisotopic (exact) mass is 484 g/mol. The van der Waals surface area contributed by atoms with Crippen LogP contribution in [0.2, 0.25) is 0 Å². The molecule has 0 unspecified atom stereocenters. The molecule has 1 aliphatic rings. The first kappa shape index (κ1) is 24.1. The van der Waals surface area contributed by atoms with E-state index in [-0.39, 0.29) is 17.9 Å². The normalized spacial score (nSPS) is 14.3. The van der Waals surface area contributed by atoms with Crippen molar-refractivity contribution in [1.82, 2.24) is 4.57 Å². The van der Waals surface area contributed by atoms with Gasteiger partial charge in [0.2, 0.25) is 0 Å². The summed E-state index contributed by atoms with van der Waals surface area (Å²) >= 11 is 0. The highest BCUT2D eigenvalue weighted by Crippen LogP contribution is 2.45. The molecule has 1 aromatic heterocycles. The molecule has 4 rings (SSSR count). The fourth-order valence-electron chi connectivity index (χ4n) is 4.34. The van der Waals surface area contributed by atoms with Gasteiger partial charge in [0, 0.05) is 23.2 Å². The Balaban J connectivity index is 1.88. The number of sulfone groups is 1. The number of benzene rings is 2. The molecule has 0 saturated heterocycles. The highest BCUT2D eigenvalue weighted by Gasteiger charge is 2.32. The Bertz CT molecular complexity index is 1290. The molecule has 1 amide bonds. The van der Waals surface area contributed by atoms with Crippen molar-refractivity contribution in [2.75, 3.05) is 17.7 Å². The predicted molar refractivity (Wildman–Crippen MR) is 134 cm³/mol. The number of rotatable bonds is 8. The van der Waals surface area contributed by atoms with E-state index in [9.17, 15) is 13.2 Å². The minimum atomic E-state index is -3.52. The molecule has 182 valence electrons. The molecule has 1 saturated carbocycles. The molecular weight excluding hydrogens is 452 g/mol. The molecule has 8 heteroatoms. The van der Waals surface area contributed by atoms with Crippen LogP contribution in [-0.2, 0) is 14.6 Å². The number of carbonyl (C=O) groups is 1. The lowest BCUT2D eigenvalue weighted by atomic mass is 9.92. The van der Waals surface area contributed by atoms with Gasteiger partial charge in [-0.3, -0.25) is 5.32 Å². The van der Waals surface area contributed by atoms with Crippen LogP contribution >= 0.6 is 0 Å². The van der Waals surface area contributed by atoms with Crippen molar-refractivity contribution in [2.45, 2.75) is 64.0 Å². The van der Waals surface area contributed by atoms with E-state index in [4.69, 9.17) is 9.47 Å². The number of carbonyl (C=O) groups excluding carboxylic acids is 1. The first-order chi connectivity index (χ1) is 16.2. The van der Waals surface area contributed by atoms with E-state index in [1.807, 2.05) is 37.3 Å². The molecular formula is C26H32N2O5S. The minimum absolute atomic E-state index is 0.0116. The summed E-state index contributed by atoms with van der Waals surface area (Å²) in [5.41, 5.74) is 2.95. The van der Waals surface area contributed by atoms with Gasteiger partial charge < -0.3 is 14.0 Å². The third kappa shape index (κ3) is 4.64. The third-order valence-electron chi connectivity index (χ3n) is 6.12. The Morgan fingerprint density at radius 2 is 1.82 bits per heavy atom. The Hall–Kier alpha value is -3.00. The number of anilines is 1. The smallest absolute Gasteiger partial charge is 0.411 e. The second-order valence-corrected chi connectivity index (χ2v) is 11.0. The topological polar surface area (TPSA) is 86.6 Å². The maximum atomic E-state index is 13.4. The number of hydrogen-bond acceptors (Lipinski definition) is 5. The molecule has 0 atom stereocenters. The summed E-state index contributed by atoms with van der Waals surface area (Å²) in [6.07, 6.45) is 2.38. The van der Waals surface area contributed by atoms with Crippen LogP contribution in [0, 0.1) is 0 Å². The molecule has 0 aliphatic heterocycles. The van der Waals surface area contributed by atoms with E-state index < -0.39 is 15.9 Å². The van der Waals surface area contributed by atoms with E-state index in [0.29, 0.717) is 22.9 Å². The molecule has 1 N–H and O–H groups in total. The number of ether oxygens (including phenoxy) is 2. The number of amides is 1. The van der Waals surface area contributed by atoms with Gasteiger partial charge in [0.05, 0.1) is 29.7 Å². The average Bonchev–Trinajstić information content (AvgIpc) is 3.08. The zero-order chi connectivity index (χ0) is 24.5. The first-order valence-corrected chi connectivity index (χ1v) is 13.5. The van der Waals surface area contributed by atoms with Gasteiger partial charge in [0.25, 0.3) is 0 Å². The fraction of sp³-hybridized carbons (Fsp3) is 0.423. The van der Waals surface area contributed by atoms with Crippen molar-refractivity contribution >= 4 is 32.5 Å². The second-order valence-electron chi connectivity index (χ2n) is 8.80. The highest BCUT2D eigenvalue weighted by atomic mass is 32.2. The summed E-state index contributed by atoms with van der Waals surface area (Å²) in [4.78, 5) is 12.3. The zero-order valence-corrected chi connectivity index (χ0v) is 20.9. The Labute approximate surface area is 201 Å². The van der Waals surface area contributed by atoms with Crippen LogP contribution in [0.4, 0.5) is 10.5 Å². The molecule has 0 radical (unpaired) electrons. The van der Waals surface area contributed by atoms with Gasteiger partial charge in [0.15, 0.2) is 9.84 Å². The van der Waals surface area contributed by atoms with Crippen LogP contribution in [0.25, 0.3) is 22.2 Å². The Morgan fingerprint density at radius 1 is 1.12 bits per heavy atom. The predicted octanol–water partition coefficient (Wildman–Crippen LogP) is 6.18. The van der Waals surface area contributed by atoms with Gasteiger partial charge in [-0.05, 0) is 69.9 Å². The lowest BCUT2D eigenvalue weighted by Crippen LogP contribution is -2.19. The van der Waals surface area contributed by atoms with Gasteiger partial charge in [0.1, 0.15) is 10.6 Å². The van der Waals surface area contributed by atoms with Crippen LogP contribution < -0.4 is 10.1 Å². The Morgan fingerprint density at radius 3 is 2.38 bits per heavy atom. The summed E-state index contributed by atoms with van der Waals surface area (Å²) in [5.74, 6) is 0.737. The quantitative estimate of drug-likeness (QED) is 0.412. The van der Waals surface area contributed by atoms with Gasteiger partial charge in [-0.1, -0.05) is 19.1 Å². The lowest BCUT2D eigenvalue weighted by molar-refractivity contribution is 0.130. The lowest BCUT2D eigenvalue weighted by Gasteiger charge is -2.30. The molecule has 1 aliphatic carbocycles. The summed E-state index contributed by atoms with van der Waals surface area (Å²) in [6.45, 7) is 7.72. The number of aromatic nitrogens is 1. The van der Waals surface area contributed by atoms with E-state index in [2.05, 4.69) is 9.88 Å². The first-order valence-electron chi connectivity index (χ1n) is 11.9. The fourth-order valence-corrected chi connectivity index (χ4v) is 5.65. The number of nitrogens with one attached hydrogen (secondary N) is 1. The van der Waals surface area contributed by atoms with Gasteiger partial charge in [-0.25, -0.2) is 13.2 Å². The summed E-state index contributed by atoms with van der Waals surface area (Å²) in [7, 11) is -3.52. The van der Waals surface area contributed by atoms with Crippen molar-refractivity contribution < 1.29 is 22.7 Å². The molecule has 0 spiro atoms. The zero-order valence-electron chi connectivity index (χ0n) is 20.1. The van der Waals surface area contributed by atoms with E-state index in [0.717, 1.165) is 41.5 Å². The summed E-state index contributed by atoms with van der Waals surface area (Å²) in [5, 5.41) is 3.43. The van der Waals surface area contributed by atoms with Crippen molar-refractivity contribution in [2.24, 2.45) is 0 Å². The standard InChI is InChI=1S/C26H32N2O5S/c1-5-32-21-14-15-22-23(16-21)28(20-8-7-9-20)24(25(22)34(30,31)6-2)18-10-12-19(13-11-18)27-26(29)33-17(3)4/h10-17,20H,5-9H2,1-4H3,(H,27,29). The van der Waals surface area contributed by atoms with Crippen molar-refractivity contribution in [3.63, 3.8) is 0 Å². The van der Waals surface area contributed by atoms with Gasteiger partial charge in [-0.2, -0.15) is 0 Å². The number of nitrogens with zero attached hydrogens (tertiary/aromatic N) is 1. The van der Waals surface area contributed by atoms with Crippen LogP contribution in [0.5, 0.6) is 5.75 Å². The third-order valence-corrected chi connectivity index (χ3v) is 7.91. The molecule has 34 heavy (non-hydrogen) atoms. The molecule has 3 aromatic rings. The van der Waals surface area contributed by atoms with Gasteiger partial charge in [-0.15, -0.1) is 0 Å². The molecule has 2 aromatic carbocycles. The van der Waals surface area contributed by atoms with Crippen LogP contribution in [0.1, 0.15) is 53.0 Å². The molecule has 1 heterocycles. The van der Waals surface area contributed by atoms with Crippen LogP contribution in [-0.4, -0.2) is 37.5 Å². The molecule has 7 nitrogen and oxygen atoms in total.